The van der Waals surface area contributed by atoms with Crippen LogP contribution in [0.2, 0.25) is 0 Å². The van der Waals surface area contributed by atoms with Crippen LogP contribution in [0.1, 0.15) is 35.2 Å². The van der Waals surface area contributed by atoms with Crippen LogP contribution >= 0.6 is 0 Å². The summed E-state index contributed by atoms with van der Waals surface area (Å²) >= 11 is 0. The normalized spacial score (nSPS) is 14.5. The van der Waals surface area contributed by atoms with Gasteiger partial charge in [0.1, 0.15) is 0 Å². The van der Waals surface area contributed by atoms with E-state index < -0.39 is 0 Å². The first-order valence-electron chi connectivity index (χ1n) is 8.16. The van der Waals surface area contributed by atoms with Crippen molar-refractivity contribution in [2.75, 3.05) is 17.6 Å². The molecule has 2 amide bonds. The van der Waals surface area contributed by atoms with Gasteiger partial charge in [-0.3, -0.25) is 9.59 Å². The van der Waals surface area contributed by atoms with Gasteiger partial charge in [-0.15, -0.1) is 0 Å². The molecule has 0 spiro atoms. The monoisotopic (exact) mass is 323 g/mol. The molecule has 0 saturated carbocycles. The summed E-state index contributed by atoms with van der Waals surface area (Å²) in [5.74, 6) is -0.0351. The largest absolute Gasteiger partial charge is 0.398 e. The highest BCUT2D eigenvalue weighted by molar-refractivity contribution is 6.07. The molecule has 1 aliphatic heterocycles. The van der Waals surface area contributed by atoms with E-state index in [1.165, 1.54) is 0 Å². The number of carbonyl (C=O) groups is 2. The second-order valence-electron chi connectivity index (χ2n) is 6.01. The van der Waals surface area contributed by atoms with Crippen molar-refractivity contribution < 1.29 is 9.59 Å². The molecule has 1 fully saturated rings. The van der Waals surface area contributed by atoms with Crippen LogP contribution in [0.25, 0.3) is 0 Å². The maximum Gasteiger partial charge on any atom is 0.257 e. The molecule has 124 valence electrons. The van der Waals surface area contributed by atoms with Crippen molar-refractivity contribution in [2.45, 2.75) is 25.8 Å². The lowest BCUT2D eigenvalue weighted by molar-refractivity contribution is -0.133. The van der Waals surface area contributed by atoms with Gasteiger partial charge in [0.25, 0.3) is 5.91 Å². The number of hydrogen-bond donors (Lipinski definition) is 2. The molecule has 0 aliphatic carbocycles. The highest BCUT2D eigenvalue weighted by atomic mass is 16.2. The SMILES string of the molecule is Nc1ccccc1C(=O)Nc1cccc(CN2CCCCC2=O)c1. The molecule has 1 aliphatic rings. The van der Waals surface area contributed by atoms with Crippen LogP contribution in [-0.4, -0.2) is 23.3 Å². The van der Waals surface area contributed by atoms with Crippen LogP contribution < -0.4 is 11.1 Å². The Morgan fingerprint density at radius 2 is 1.96 bits per heavy atom. The van der Waals surface area contributed by atoms with Crippen molar-refractivity contribution in [3.63, 3.8) is 0 Å². The summed E-state index contributed by atoms with van der Waals surface area (Å²) in [6.07, 6.45) is 2.66. The van der Waals surface area contributed by atoms with Gasteiger partial charge in [-0.1, -0.05) is 24.3 Å². The van der Waals surface area contributed by atoms with Crippen molar-refractivity contribution in [3.05, 3.63) is 59.7 Å². The number of rotatable bonds is 4. The number of nitrogens with two attached hydrogens (primary N) is 1. The number of nitrogens with zero attached hydrogens (tertiary/aromatic N) is 1. The first kappa shape index (κ1) is 16.1. The Balaban J connectivity index is 1.70. The molecule has 1 heterocycles. The highest BCUT2D eigenvalue weighted by Gasteiger charge is 2.18. The fourth-order valence-corrected chi connectivity index (χ4v) is 2.90. The van der Waals surface area contributed by atoms with E-state index in [2.05, 4.69) is 5.32 Å². The van der Waals surface area contributed by atoms with Gasteiger partial charge < -0.3 is 16.0 Å². The number of carbonyl (C=O) groups excluding carboxylic acids is 2. The third-order valence-electron chi connectivity index (χ3n) is 4.19. The van der Waals surface area contributed by atoms with Gasteiger partial charge in [0.05, 0.1) is 5.56 Å². The lowest BCUT2D eigenvalue weighted by Gasteiger charge is -2.26. The van der Waals surface area contributed by atoms with Crippen molar-refractivity contribution in [1.82, 2.24) is 4.90 Å². The van der Waals surface area contributed by atoms with E-state index in [-0.39, 0.29) is 11.8 Å². The number of piperidine rings is 1. The van der Waals surface area contributed by atoms with E-state index >= 15 is 0 Å². The van der Waals surface area contributed by atoms with Gasteiger partial charge >= 0.3 is 0 Å². The number of para-hydroxylation sites is 1. The minimum absolute atomic E-state index is 0.202. The van der Waals surface area contributed by atoms with Crippen LogP contribution in [0.15, 0.2) is 48.5 Å². The zero-order valence-corrected chi connectivity index (χ0v) is 13.5. The molecule has 3 rings (SSSR count). The fourth-order valence-electron chi connectivity index (χ4n) is 2.90. The van der Waals surface area contributed by atoms with E-state index in [9.17, 15) is 9.59 Å². The van der Waals surface area contributed by atoms with Crippen LogP contribution in [0.3, 0.4) is 0 Å². The number of benzene rings is 2. The van der Waals surface area contributed by atoms with E-state index in [1.54, 1.807) is 24.3 Å². The Labute approximate surface area is 141 Å². The van der Waals surface area contributed by atoms with Crippen LogP contribution in [0, 0.1) is 0 Å². The predicted octanol–water partition coefficient (Wildman–Crippen LogP) is 3.03. The number of likely N-dealkylation sites (tertiary alicyclic amines) is 1. The minimum atomic E-state index is -0.237. The number of anilines is 2. The molecule has 2 aromatic rings. The fraction of sp³-hybridized carbons (Fsp3) is 0.263. The molecule has 2 aromatic carbocycles. The maximum absolute atomic E-state index is 12.3. The molecule has 1 saturated heterocycles. The summed E-state index contributed by atoms with van der Waals surface area (Å²) in [4.78, 5) is 26.1. The van der Waals surface area contributed by atoms with Gasteiger partial charge in [0, 0.05) is 30.9 Å². The summed E-state index contributed by atoms with van der Waals surface area (Å²) < 4.78 is 0. The Bertz CT molecular complexity index is 758. The lowest BCUT2D eigenvalue weighted by Crippen LogP contribution is -2.34. The molecule has 0 unspecified atom stereocenters. The number of amides is 2. The smallest absolute Gasteiger partial charge is 0.257 e. The molecular weight excluding hydrogens is 302 g/mol. The molecule has 5 heteroatoms. The molecule has 5 nitrogen and oxygen atoms in total. The summed E-state index contributed by atoms with van der Waals surface area (Å²) in [6.45, 7) is 1.38. The standard InChI is InChI=1S/C19H21N3O2/c20-17-9-2-1-8-16(17)19(24)21-15-7-5-6-14(12-15)13-22-11-4-3-10-18(22)23/h1-2,5-9,12H,3-4,10-11,13,20H2,(H,21,24). The molecule has 0 aromatic heterocycles. The lowest BCUT2D eigenvalue weighted by atomic mass is 10.1. The summed E-state index contributed by atoms with van der Waals surface area (Å²) in [5.41, 5.74) is 8.44. The molecule has 3 N–H and O–H groups in total. The second-order valence-corrected chi connectivity index (χ2v) is 6.01. The average Bonchev–Trinajstić information content (AvgIpc) is 2.58. The summed E-state index contributed by atoms with van der Waals surface area (Å²) in [6, 6.07) is 14.6. The van der Waals surface area contributed by atoms with E-state index in [4.69, 9.17) is 5.73 Å². The molecule has 0 bridgehead atoms. The Hall–Kier alpha value is -2.82. The summed E-state index contributed by atoms with van der Waals surface area (Å²) in [5, 5.41) is 2.87. The van der Waals surface area contributed by atoms with Crippen molar-refractivity contribution in [3.8, 4) is 0 Å². The average molecular weight is 323 g/mol. The topological polar surface area (TPSA) is 75.4 Å². The number of nitrogens with one attached hydrogen (secondary N) is 1. The maximum atomic E-state index is 12.3. The van der Waals surface area contributed by atoms with E-state index in [0.717, 1.165) is 24.9 Å². The summed E-state index contributed by atoms with van der Waals surface area (Å²) in [7, 11) is 0. The Morgan fingerprint density at radius 1 is 1.12 bits per heavy atom. The molecule has 0 radical (unpaired) electrons. The molecule has 0 atom stereocenters. The number of nitrogen functional groups attached to an aromatic ring is 1. The third kappa shape index (κ3) is 3.74. The van der Waals surface area contributed by atoms with E-state index in [0.29, 0.717) is 29.9 Å². The first-order chi connectivity index (χ1) is 11.6. The van der Waals surface area contributed by atoms with Crippen LogP contribution in [0.5, 0.6) is 0 Å². The first-order valence-corrected chi connectivity index (χ1v) is 8.16. The van der Waals surface area contributed by atoms with Gasteiger partial charge in [-0.25, -0.2) is 0 Å². The van der Waals surface area contributed by atoms with Crippen molar-refractivity contribution in [1.29, 1.82) is 0 Å². The zero-order valence-electron chi connectivity index (χ0n) is 13.5. The Kier molecular flexibility index (Phi) is 4.79. The number of hydrogen-bond acceptors (Lipinski definition) is 3. The highest BCUT2D eigenvalue weighted by Crippen LogP contribution is 2.18. The van der Waals surface area contributed by atoms with Crippen molar-refractivity contribution >= 4 is 23.2 Å². The molecule has 24 heavy (non-hydrogen) atoms. The predicted molar refractivity (Wildman–Crippen MR) is 94.5 cm³/mol. The van der Waals surface area contributed by atoms with Gasteiger partial charge in [-0.05, 0) is 42.7 Å². The third-order valence-corrected chi connectivity index (χ3v) is 4.19. The van der Waals surface area contributed by atoms with Gasteiger partial charge in [0.15, 0.2) is 0 Å². The molecular formula is C19H21N3O2. The van der Waals surface area contributed by atoms with Gasteiger partial charge in [-0.2, -0.15) is 0 Å². The van der Waals surface area contributed by atoms with Gasteiger partial charge in [0.2, 0.25) is 5.91 Å². The van der Waals surface area contributed by atoms with Crippen molar-refractivity contribution in [2.24, 2.45) is 0 Å². The van der Waals surface area contributed by atoms with E-state index in [1.807, 2.05) is 29.2 Å². The Morgan fingerprint density at radius 3 is 2.75 bits per heavy atom. The van der Waals surface area contributed by atoms with Crippen LogP contribution in [-0.2, 0) is 11.3 Å². The van der Waals surface area contributed by atoms with Crippen LogP contribution in [0.4, 0.5) is 11.4 Å². The minimum Gasteiger partial charge on any atom is -0.398 e. The second kappa shape index (κ2) is 7.17. The quantitative estimate of drug-likeness (QED) is 0.849. The zero-order chi connectivity index (χ0) is 16.9.